The Morgan fingerprint density at radius 1 is 1.18 bits per heavy atom. The van der Waals surface area contributed by atoms with Gasteiger partial charge in [0.15, 0.2) is 5.65 Å². The average molecular weight is 532 g/mol. The Labute approximate surface area is 221 Å². The molecule has 13 nitrogen and oxygen atoms in total. The summed E-state index contributed by atoms with van der Waals surface area (Å²) in [6, 6.07) is 5.86. The van der Waals surface area contributed by atoms with Crippen molar-refractivity contribution >= 4 is 40.1 Å². The molecule has 0 bridgehead atoms. The minimum atomic E-state index is -0.414. The van der Waals surface area contributed by atoms with Crippen LogP contribution in [0.25, 0.3) is 28.0 Å². The van der Waals surface area contributed by atoms with Crippen molar-refractivity contribution < 1.29 is 9.53 Å². The minimum Gasteiger partial charge on any atom is -0.465 e. The van der Waals surface area contributed by atoms with Crippen LogP contribution >= 0.6 is 11.3 Å². The first kappa shape index (κ1) is 23.9. The van der Waals surface area contributed by atoms with Crippen LogP contribution in [-0.4, -0.2) is 86.0 Å². The highest BCUT2D eigenvalue weighted by Crippen LogP contribution is 2.28. The standard InChI is InChI=1S/C24H25N11O2S/c1-25-24-28-12-17-20(15-3-4-19(27-11-15)33-8-6-26-7-9-33)31-35(22(17)29-24)14-16-13-34(32-30-16)18-5-10-38-21(18)23(36)37-2/h3-5,10-13,26H,6-9,14H2,1-2H3,(H,25,28,29). The van der Waals surface area contributed by atoms with E-state index in [1.165, 1.54) is 18.4 Å². The topological polar surface area (TPSA) is 141 Å². The van der Waals surface area contributed by atoms with Crippen LogP contribution in [0.15, 0.2) is 42.2 Å². The van der Waals surface area contributed by atoms with Crippen LogP contribution in [0.4, 0.5) is 11.8 Å². The quantitative estimate of drug-likeness (QED) is 0.297. The zero-order valence-electron chi connectivity index (χ0n) is 20.8. The van der Waals surface area contributed by atoms with Gasteiger partial charge in [-0.25, -0.2) is 24.1 Å². The number of anilines is 2. The van der Waals surface area contributed by atoms with Crippen molar-refractivity contribution in [1.29, 1.82) is 0 Å². The third-order valence-electron chi connectivity index (χ3n) is 6.29. The maximum absolute atomic E-state index is 12.1. The van der Waals surface area contributed by atoms with E-state index in [1.807, 2.05) is 23.7 Å². The number of thiophene rings is 1. The van der Waals surface area contributed by atoms with Gasteiger partial charge in [-0.1, -0.05) is 5.21 Å². The number of rotatable bonds is 7. The molecule has 14 heteroatoms. The number of aromatic nitrogens is 8. The van der Waals surface area contributed by atoms with E-state index < -0.39 is 5.97 Å². The summed E-state index contributed by atoms with van der Waals surface area (Å²) >= 11 is 1.29. The molecular weight excluding hydrogens is 506 g/mol. The Morgan fingerprint density at radius 3 is 2.82 bits per heavy atom. The van der Waals surface area contributed by atoms with E-state index in [0.717, 1.165) is 48.6 Å². The molecule has 5 aromatic heterocycles. The van der Waals surface area contributed by atoms with Gasteiger partial charge in [0, 0.05) is 51.2 Å². The number of nitrogens with zero attached hydrogens (tertiary/aromatic N) is 9. The molecule has 2 N–H and O–H groups in total. The third-order valence-corrected chi connectivity index (χ3v) is 7.17. The number of nitrogens with one attached hydrogen (secondary N) is 2. The molecule has 0 amide bonds. The van der Waals surface area contributed by atoms with E-state index in [0.29, 0.717) is 34.4 Å². The second-order valence-corrected chi connectivity index (χ2v) is 9.53. The van der Waals surface area contributed by atoms with Crippen LogP contribution < -0.4 is 15.5 Å². The second-order valence-electron chi connectivity index (χ2n) is 8.61. The fourth-order valence-electron chi connectivity index (χ4n) is 4.38. The number of fused-ring (bicyclic) bond motifs is 1. The van der Waals surface area contributed by atoms with Gasteiger partial charge in [-0.05, 0) is 23.6 Å². The van der Waals surface area contributed by atoms with Gasteiger partial charge in [0.1, 0.15) is 22.1 Å². The van der Waals surface area contributed by atoms with Crippen molar-refractivity contribution in [1.82, 2.24) is 45.0 Å². The summed E-state index contributed by atoms with van der Waals surface area (Å²) in [6.07, 6.45) is 5.38. The summed E-state index contributed by atoms with van der Waals surface area (Å²) in [5.41, 5.74) is 3.53. The van der Waals surface area contributed by atoms with Crippen molar-refractivity contribution in [2.75, 3.05) is 50.6 Å². The summed E-state index contributed by atoms with van der Waals surface area (Å²) in [7, 11) is 3.13. The zero-order valence-corrected chi connectivity index (χ0v) is 21.6. The smallest absolute Gasteiger partial charge is 0.350 e. The molecule has 0 unspecified atom stereocenters. The summed E-state index contributed by atoms with van der Waals surface area (Å²) in [5, 5.41) is 22.4. The number of carbonyl (C=O) groups is 1. The highest BCUT2D eigenvalue weighted by atomic mass is 32.1. The molecule has 1 aliphatic rings. The predicted octanol–water partition coefficient (Wildman–Crippen LogP) is 1.82. The summed E-state index contributed by atoms with van der Waals surface area (Å²) in [6.45, 7) is 4.07. The molecule has 5 aromatic rings. The fourth-order valence-corrected chi connectivity index (χ4v) is 5.17. The highest BCUT2D eigenvalue weighted by molar-refractivity contribution is 7.12. The van der Waals surface area contributed by atoms with Gasteiger partial charge in [-0.3, -0.25) is 0 Å². The van der Waals surface area contributed by atoms with E-state index in [1.54, 1.807) is 34.9 Å². The number of pyridine rings is 1. The van der Waals surface area contributed by atoms with Crippen molar-refractivity contribution in [3.05, 3.63) is 52.7 Å². The van der Waals surface area contributed by atoms with Gasteiger partial charge in [-0.15, -0.1) is 16.4 Å². The van der Waals surface area contributed by atoms with E-state index in [2.05, 4.69) is 35.8 Å². The van der Waals surface area contributed by atoms with Crippen molar-refractivity contribution in [3.63, 3.8) is 0 Å². The molecule has 0 aromatic carbocycles. The van der Waals surface area contributed by atoms with Crippen LogP contribution in [0.2, 0.25) is 0 Å². The normalized spacial score (nSPS) is 13.7. The lowest BCUT2D eigenvalue weighted by Crippen LogP contribution is -2.43. The summed E-state index contributed by atoms with van der Waals surface area (Å²) in [5.74, 6) is 1.02. The Morgan fingerprint density at radius 2 is 2.05 bits per heavy atom. The fraction of sp³-hybridized carbons (Fsp3) is 0.292. The molecule has 0 saturated carbocycles. The van der Waals surface area contributed by atoms with Crippen LogP contribution in [0.3, 0.4) is 0 Å². The first-order chi connectivity index (χ1) is 18.6. The third kappa shape index (κ3) is 4.43. The number of carbonyl (C=O) groups excluding carboxylic acids is 1. The summed E-state index contributed by atoms with van der Waals surface area (Å²) in [4.78, 5) is 28.6. The van der Waals surface area contributed by atoms with Crippen molar-refractivity contribution in [2.45, 2.75) is 6.54 Å². The van der Waals surface area contributed by atoms with Gasteiger partial charge in [0.05, 0.1) is 30.9 Å². The molecule has 6 rings (SSSR count). The molecule has 194 valence electrons. The zero-order chi connectivity index (χ0) is 26.1. The van der Waals surface area contributed by atoms with E-state index in [9.17, 15) is 4.79 Å². The molecular formula is C24H25N11O2S. The highest BCUT2D eigenvalue weighted by Gasteiger charge is 2.20. The molecule has 1 aliphatic heterocycles. The molecule has 0 atom stereocenters. The molecule has 6 heterocycles. The Kier molecular flexibility index (Phi) is 6.39. The van der Waals surface area contributed by atoms with Gasteiger partial charge in [0.2, 0.25) is 5.95 Å². The first-order valence-corrected chi connectivity index (χ1v) is 12.9. The van der Waals surface area contributed by atoms with Gasteiger partial charge in [0.25, 0.3) is 0 Å². The molecule has 1 fully saturated rings. The van der Waals surface area contributed by atoms with Crippen molar-refractivity contribution in [2.24, 2.45) is 0 Å². The van der Waals surface area contributed by atoms with E-state index in [4.69, 9.17) is 14.8 Å². The lowest BCUT2D eigenvalue weighted by Gasteiger charge is -2.28. The number of esters is 1. The predicted molar refractivity (Wildman–Crippen MR) is 143 cm³/mol. The SMILES string of the molecule is CNc1ncc2c(-c3ccc(N4CCNCC4)nc3)nn(Cc3cn(-c4ccsc4C(=O)OC)nn3)c2n1. The maximum Gasteiger partial charge on any atom is 0.350 e. The lowest BCUT2D eigenvalue weighted by atomic mass is 10.1. The largest absolute Gasteiger partial charge is 0.465 e. The van der Waals surface area contributed by atoms with Crippen LogP contribution in [-0.2, 0) is 11.3 Å². The Bertz CT molecular complexity index is 1580. The number of ether oxygens (including phenoxy) is 1. The van der Waals surface area contributed by atoms with Crippen LogP contribution in [0.1, 0.15) is 15.4 Å². The minimum absolute atomic E-state index is 0.320. The Balaban J connectivity index is 1.33. The van der Waals surface area contributed by atoms with Crippen LogP contribution in [0, 0.1) is 0 Å². The molecule has 0 aliphatic carbocycles. The van der Waals surface area contributed by atoms with Crippen LogP contribution in [0.5, 0.6) is 0 Å². The number of hydrogen-bond donors (Lipinski definition) is 2. The number of piperazine rings is 1. The summed E-state index contributed by atoms with van der Waals surface area (Å²) < 4.78 is 8.23. The number of hydrogen-bond acceptors (Lipinski definition) is 12. The van der Waals surface area contributed by atoms with E-state index >= 15 is 0 Å². The second kappa shape index (κ2) is 10.1. The first-order valence-electron chi connectivity index (χ1n) is 12.1. The van der Waals surface area contributed by atoms with Gasteiger partial charge in [-0.2, -0.15) is 10.1 Å². The molecule has 38 heavy (non-hydrogen) atoms. The van der Waals surface area contributed by atoms with Crippen molar-refractivity contribution in [3.8, 4) is 16.9 Å². The number of methoxy groups -OCH3 is 1. The van der Waals surface area contributed by atoms with E-state index in [-0.39, 0.29) is 0 Å². The van der Waals surface area contributed by atoms with Gasteiger partial charge >= 0.3 is 5.97 Å². The molecule has 0 radical (unpaired) electrons. The van der Waals surface area contributed by atoms with Gasteiger partial charge < -0.3 is 20.3 Å². The molecule has 0 spiro atoms. The Hall–Kier alpha value is -4.43. The maximum atomic E-state index is 12.1. The molecule has 1 saturated heterocycles. The monoisotopic (exact) mass is 531 g/mol. The lowest BCUT2D eigenvalue weighted by molar-refractivity contribution is 0.0606. The average Bonchev–Trinajstić information content (AvgIpc) is 3.72.